The summed E-state index contributed by atoms with van der Waals surface area (Å²) < 4.78 is 2.01. The van der Waals surface area contributed by atoms with Gasteiger partial charge in [0.25, 0.3) is 5.91 Å². The second kappa shape index (κ2) is 7.92. The summed E-state index contributed by atoms with van der Waals surface area (Å²) in [5.41, 5.74) is 4.68. The predicted molar refractivity (Wildman–Crippen MR) is 108 cm³/mol. The number of nitrogens with one attached hydrogen (secondary N) is 1. The molecule has 1 aromatic carbocycles. The summed E-state index contributed by atoms with van der Waals surface area (Å²) in [6, 6.07) is 9.60. The van der Waals surface area contributed by atoms with Crippen molar-refractivity contribution in [3.8, 4) is 11.4 Å². The first-order valence-electron chi connectivity index (χ1n) is 9.87. The molecule has 0 atom stereocenters. The Kier molecular flexibility index (Phi) is 5.19. The van der Waals surface area contributed by atoms with Gasteiger partial charge < -0.3 is 9.88 Å². The van der Waals surface area contributed by atoms with Crippen molar-refractivity contribution < 1.29 is 4.79 Å². The Labute approximate surface area is 165 Å². The third kappa shape index (κ3) is 3.81. The lowest BCUT2D eigenvalue weighted by Gasteiger charge is -2.25. The summed E-state index contributed by atoms with van der Waals surface area (Å²) in [7, 11) is 0. The van der Waals surface area contributed by atoms with E-state index in [0.717, 1.165) is 35.0 Å². The topological polar surface area (TPSA) is 72.7 Å². The number of carbonyl (C=O) groups excluding carboxylic acids is 1. The van der Waals surface area contributed by atoms with E-state index in [4.69, 9.17) is 4.98 Å². The molecule has 6 nitrogen and oxygen atoms in total. The molecule has 0 aliphatic heterocycles. The molecule has 1 fully saturated rings. The molecule has 28 heavy (non-hydrogen) atoms. The van der Waals surface area contributed by atoms with Gasteiger partial charge in [-0.3, -0.25) is 4.79 Å². The molecule has 2 heterocycles. The molecular formula is C22H25N5O. The van der Waals surface area contributed by atoms with Crippen molar-refractivity contribution >= 4 is 5.91 Å². The van der Waals surface area contributed by atoms with E-state index < -0.39 is 0 Å². The Balaban J connectivity index is 1.46. The molecule has 0 saturated heterocycles. The average Bonchev–Trinajstić information content (AvgIpc) is 3.12. The minimum Gasteiger partial charge on any atom is -0.346 e. The molecule has 2 aromatic heterocycles. The SMILES string of the molecule is CCn1cncc1CNC(=O)c1ccc(-c2nc(C)cc(C3CCC3)n2)cc1. The van der Waals surface area contributed by atoms with Crippen molar-refractivity contribution in [3.05, 3.63) is 65.5 Å². The molecule has 0 bridgehead atoms. The van der Waals surface area contributed by atoms with Gasteiger partial charge in [0.1, 0.15) is 0 Å². The molecule has 6 heteroatoms. The van der Waals surface area contributed by atoms with Crippen molar-refractivity contribution in [2.75, 3.05) is 0 Å². The Hall–Kier alpha value is -3.02. The van der Waals surface area contributed by atoms with E-state index in [1.54, 1.807) is 12.5 Å². The Morgan fingerprint density at radius 1 is 1.21 bits per heavy atom. The second-order valence-corrected chi connectivity index (χ2v) is 7.32. The lowest BCUT2D eigenvalue weighted by Crippen LogP contribution is -2.24. The average molecular weight is 375 g/mol. The highest BCUT2D eigenvalue weighted by Crippen LogP contribution is 2.36. The zero-order valence-electron chi connectivity index (χ0n) is 16.4. The van der Waals surface area contributed by atoms with E-state index in [0.29, 0.717) is 18.0 Å². The van der Waals surface area contributed by atoms with E-state index in [-0.39, 0.29) is 5.91 Å². The maximum atomic E-state index is 12.5. The van der Waals surface area contributed by atoms with Crippen LogP contribution in [0.25, 0.3) is 11.4 Å². The summed E-state index contributed by atoms with van der Waals surface area (Å²) in [6.07, 6.45) is 7.27. The van der Waals surface area contributed by atoms with Gasteiger partial charge in [-0.25, -0.2) is 15.0 Å². The first-order valence-corrected chi connectivity index (χ1v) is 9.87. The van der Waals surface area contributed by atoms with Crippen LogP contribution < -0.4 is 5.32 Å². The number of imidazole rings is 1. The van der Waals surface area contributed by atoms with Crippen LogP contribution in [-0.4, -0.2) is 25.4 Å². The molecule has 4 rings (SSSR count). The number of hydrogen-bond donors (Lipinski definition) is 1. The Morgan fingerprint density at radius 3 is 2.68 bits per heavy atom. The standard InChI is InChI=1S/C22H25N5O/c1-3-27-14-23-12-19(27)13-24-22(28)18-9-7-17(8-10-18)21-25-15(2)11-20(26-21)16-5-4-6-16/h7-12,14,16H,3-6,13H2,1-2H3,(H,24,28). The fourth-order valence-electron chi connectivity index (χ4n) is 3.46. The van der Waals surface area contributed by atoms with Crippen LogP contribution in [0.5, 0.6) is 0 Å². The molecule has 1 saturated carbocycles. The van der Waals surface area contributed by atoms with E-state index in [1.807, 2.05) is 35.8 Å². The lowest BCUT2D eigenvalue weighted by molar-refractivity contribution is 0.0950. The number of aromatic nitrogens is 4. The maximum Gasteiger partial charge on any atom is 0.251 e. The van der Waals surface area contributed by atoms with Gasteiger partial charge in [0, 0.05) is 41.2 Å². The summed E-state index contributed by atoms with van der Waals surface area (Å²) in [5, 5.41) is 2.95. The molecule has 0 unspecified atom stereocenters. The van der Waals surface area contributed by atoms with Crippen LogP contribution in [0.4, 0.5) is 0 Å². The minimum absolute atomic E-state index is 0.101. The number of amides is 1. The number of nitrogens with zero attached hydrogens (tertiary/aromatic N) is 4. The first-order chi connectivity index (χ1) is 13.6. The molecule has 1 amide bonds. The predicted octanol–water partition coefficient (Wildman–Crippen LogP) is 3.87. The molecule has 1 aliphatic carbocycles. The van der Waals surface area contributed by atoms with Crippen LogP contribution in [0.2, 0.25) is 0 Å². The van der Waals surface area contributed by atoms with Gasteiger partial charge in [-0.05, 0) is 44.9 Å². The summed E-state index contributed by atoms with van der Waals surface area (Å²) in [5.74, 6) is 1.21. The monoisotopic (exact) mass is 375 g/mol. The number of benzene rings is 1. The van der Waals surface area contributed by atoms with Gasteiger partial charge >= 0.3 is 0 Å². The summed E-state index contributed by atoms with van der Waals surface area (Å²) in [4.78, 5) is 25.9. The lowest BCUT2D eigenvalue weighted by atomic mass is 9.82. The fourth-order valence-corrected chi connectivity index (χ4v) is 3.46. The largest absolute Gasteiger partial charge is 0.346 e. The molecule has 1 aliphatic rings. The minimum atomic E-state index is -0.101. The van der Waals surface area contributed by atoms with Crippen LogP contribution in [0.3, 0.4) is 0 Å². The van der Waals surface area contributed by atoms with Gasteiger partial charge in [0.15, 0.2) is 5.82 Å². The molecule has 0 spiro atoms. The van der Waals surface area contributed by atoms with Crippen molar-refractivity contribution in [1.82, 2.24) is 24.8 Å². The quantitative estimate of drug-likeness (QED) is 0.710. The van der Waals surface area contributed by atoms with E-state index >= 15 is 0 Å². The third-order valence-electron chi connectivity index (χ3n) is 5.37. The highest BCUT2D eigenvalue weighted by Gasteiger charge is 2.22. The van der Waals surface area contributed by atoms with Gasteiger partial charge in [-0.1, -0.05) is 18.6 Å². The zero-order chi connectivity index (χ0) is 19.5. The number of aryl methyl sites for hydroxylation is 2. The van der Waals surface area contributed by atoms with Crippen LogP contribution in [0, 0.1) is 6.92 Å². The Morgan fingerprint density at radius 2 is 2.00 bits per heavy atom. The van der Waals surface area contributed by atoms with Gasteiger partial charge in [0.2, 0.25) is 0 Å². The highest BCUT2D eigenvalue weighted by atomic mass is 16.1. The third-order valence-corrected chi connectivity index (χ3v) is 5.37. The molecule has 0 radical (unpaired) electrons. The fraction of sp³-hybridized carbons (Fsp3) is 0.364. The highest BCUT2D eigenvalue weighted by molar-refractivity contribution is 5.94. The zero-order valence-corrected chi connectivity index (χ0v) is 16.4. The van der Waals surface area contributed by atoms with E-state index in [2.05, 4.69) is 28.3 Å². The van der Waals surface area contributed by atoms with E-state index in [9.17, 15) is 4.79 Å². The van der Waals surface area contributed by atoms with Crippen molar-refractivity contribution in [3.63, 3.8) is 0 Å². The second-order valence-electron chi connectivity index (χ2n) is 7.32. The maximum absolute atomic E-state index is 12.5. The van der Waals surface area contributed by atoms with Crippen LogP contribution in [0.1, 0.15) is 59.5 Å². The molecule has 3 aromatic rings. The van der Waals surface area contributed by atoms with Crippen LogP contribution in [0.15, 0.2) is 42.9 Å². The molecular weight excluding hydrogens is 350 g/mol. The normalized spacial score (nSPS) is 13.9. The summed E-state index contributed by atoms with van der Waals surface area (Å²) >= 11 is 0. The molecule has 144 valence electrons. The van der Waals surface area contributed by atoms with Gasteiger partial charge in [-0.15, -0.1) is 0 Å². The van der Waals surface area contributed by atoms with Crippen LogP contribution in [-0.2, 0) is 13.1 Å². The smallest absolute Gasteiger partial charge is 0.251 e. The van der Waals surface area contributed by atoms with Crippen molar-refractivity contribution in [2.24, 2.45) is 0 Å². The number of hydrogen-bond acceptors (Lipinski definition) is 4. The molecule has 1 N–H and O–H groups in total. The summed E-state index contributed by atoms with van der Waals surface area (Å²) in [6.45, 7) is 5.35. The van der Waals surface area contributed by atoms with Gasteiger partial charge in [0.05, 0.1) is 18.6 Å². The van der Waals surface area contributed by atoms with Crippen molar-refractivity contribution in [2.45, 2.75) is 52.1 Å². The van der Waals surface area contributed by atoms with Crippen molar-refractivity contribution in [1.29, 1.82) is 0 Å². The van der Waals surface area contributed by atoms with Crippen LogP contribution >= 0.6 is 0 Å². The first kappa shape index (κ1) is 18.3. The van der Waals surface area contributed by atoms with Gasteiger partial charge in [-0.2, -0.15) is 0 Å². The number of carbonyl (C=O) groups is 1. The Bertz CT molecular complexity index is 973. The number of rotatable bonds is 6. The van der Waals surface area contributed by atoms with E-state index in [1.165, 1.54) is 19.3 Å².